The average molecular weight is 313 g/mol. The number of para-hydroxylation sites is 1. The van der Waals surface area contributed by atoms with E-state index in [0.717, 1.165) is 43.1 Å². The van der Waals surface area contributed by atoms with E-state index in [9.17, 15) is 0 Å². The van der Waals surface area contributed by atoms with Crippen molar-refractivity contribution in [3.05, 3.63) is 29.8 Å². The Balaban J connectivity index is 0.00000220. The molecule has 4 nitrogen and oxygen atoms in total. The number of oxime groups is 1. The number of ether oxygens (including phenoxy) is 1. The molecule has 2 rings (SSSR count). The number of likely N-dealkylation sites (N-methyl/N-ethyl adjacent to an activating group) is 1. The number of fused-ring (bicyclic) bond motifs is 1. The van der Waals surface area contributed by atoms with Crippen LogP contribution in [0, 0.1) is 0 Å². The third-order valence-electron chi connectivity index (χ3n) is 3.57. The van der Waals surface area contributed by atoms with Gasteiger partial charge in [-0.05, 0) is 32.1 Å². The molecule has 1 atom stereocenters. The van der Waals surface area contributed by atoms with Crippen molar-refractivity contribution in [2.45, 2.75) is 33.3 Å². The van der Waals surface area contributed by atoms with Crippen molar-refractivity contribution in [1.29, 1.82) is 0 Å². The van der Waals surface area contributed by atoms with Crippen LogP contribution in [0.1, 0.15) is 32.8 Å². The van der Waals surface area contributed by atoms with Crippen molar-refractivity contribution in [3.63, 3.8) is 0 Å². The molecule has 1 unspecified atom stereocenters. The second-order valence-corrected chi connectivity index (χ2v) is 5.03. The normalized spacial score (nSPS) is 18.9. The lowest BCUT2D eigenvalue weighted by Gasteiger charge is -2.24. The van der Waals surface area contributed by atoms with Crippen LogP contribution < -0.4 is 4.74 Å². The summed E-state index contributed by atoms with van der Waals surface area (Å²) in [7, 11) is 0. The standard InChI is InChI=1S/C16H24N2O2.ClH/c1-4-18(5-2)10-11-19-17-15-12-13(3)20-16-9-7-6-8-14(15)16;/h6-9,13H,4-5,10-12H2,1-3H3;1H/b17-15-;. The molecule has 1 aromatic carbocycles. The fourth-order valence-corrected chi connectivity index (χ4v) is 2.37. The van der Waals surface area contributed by atoms with E-state index in [1.807, 2.05) is 24.3 Å². The molecule has 0 fully saturated rings. The second-order valence-electron chi connectivity index (χ2n) is 5.03. The van der Waals surface area contributed by atoms with E-state index in [0.29, 0.717) is 6.61 Å². The molecule has 0 saturated carbocycles. The number of rotatable bonds is 6. The van der Waals surface area contributed by atoms with Crippen LogP contribution >= 0.6 is 12.4 Å². The van der Waals surface area contributed by atoms with Crippen LogP contribution in [0.25, 0.3) is 0 Å². The number of benzene rings is 1. The minimum absolute atomic E-state index is 0. The summed E-state index contributed by atoms with van der Waals surface area (Å²) in [5.41, 5.74) is 2.03. The van der Waals surface area contributed by atoms with E-state index in [1.54, 1.807) is 0 Å². The van der Waals surface area contributed by atoms with Crippen LogP contribution in [0.5, 0.6) is 5.75 Å². The van der Waals surface area contributed by atoms with Gasteiger partial charge in [0.05, 0.1) is 5.71 Å². The largest absolute Gasteiger partial charge is 0.490 e. The van der Waals surface area contributed by atoms with Gasteiger partial charge in [-0.3, -0.25) is 0 Å². The molecule has 0 saturated heterocycles. The zero-order chi connectivity index (χ0) is 14.4. The first kappa shape index (κ1) is 17.8. The number of nitrogens with zero attached hydrogens (tertiary/aromatic N) is 2. The summed E-state index contributed by atoms with van der Waals surface area (Å²) < 4.78 is 5.80. The highest BCUT2D eigenvalue weighted by molar-refractivity contribution is 6.03. The summed E-state index contributed by atoms with van der Waals surface area (Å²) in [4.78, 5) is 7.82. The van der Waals surface area contributed by atoms with Gasteiger partial charge in [0.15, 0.2) is 0 Å². The number of halogens is 1. The molecule has 1 heterocycles. The van der Waals surface area contributed by atoms with Gasteiger partial charge in [0.2, 0.25) is 0 Å². The van der Waals surface area contributed by atoms with Gasteiger partial charge in [-0.25, -0.2) is 0 Å². The predicted molar refractivity (Wildman–Crippen MR) is 88.7 cm³/mol. The molecular formula is C16H25ClN2O2. The highest BCUT2D eigenvalue weighted by Gasteiger charge is 2.21. The molecule has 0 radical (unpaired) electrons. The van der Waals surface area contributed by atoms with Crippen LogP contribution in [0.3, 0.4) is 0 Å². The van der Waals surface area contributed by atoms with Crippen molar-refractivity contribution in [1.82, 2.24) is 4.90 Å². The molecule has 1 aliphatic rings. The van der Waals surface area contributed by atoms with Crippen molar-refractivity contribution in [2.24, 2.45) is 5.16 Å². The molecule has 5 heteroatoms. The first-order valence-electron chi connectivity index (χ1n) is 7.41. The highest BCUT2D eigenvalue weighted by Crippen LogP contribution is 2.27. The first-order chi connectivity index (χ1) is 9.74. The van der Waals surface area contributed by atoms with Gasteiger partial charge in [-0.2, -0.15) is 0 Å². The molecule has 0 bridgehead atoms. The minimum atomic E-state index is 0. The molecular weight excluding hydrogens is 288 g/mol. The maximum absolute atomic E-state index is 5.80. The van der Waals surface area contributed by atoms with Gasteiger partial charge in [-0.1, -0.05) is 31.1 Å². The summed E-state index contributed by atoms with van der Waals surface area (Å²) >= 11 is 0. The highest BCUT2D eigenvalue weighted by atomic mass is 35.5. The fourth-order valence-electron chi connectivity index (χ4n) is 2.37. The van der Waals surface area contributed by atoms with E-state index in [2.05, 4.69) is 30.8 Å². The lowest BCUT2D eigenvalue weighted by Crippen LogP contribution is -2.27. The molecule has 118 valence electrons. The van der Waals surface area contributed by atoms with Crippen LogP contribution in [-0.4, -0.2) is 43.0 Å². The Morgan fingerprint density at radius 2 is 2.00 bits per heavy atom. The monoisotopic (exact) mass is 312 g/mol. The Labute approximate surface area is 133 Å². The zero-order valence-corrected chi connectivity index (χ0v) is 13.9. The lowest BCUT2D eigenvalue weighted by atomic mass is 10.0. The first-order valence-corrected chi connectivity index (χ1v) is 7.41. The Kier molecular flexibility index (Phi) is 7.54. The average Bonchev–Trinajstić information content (AvgIpc) is 2.47. The smallest absolute Gasteiger partial charge is 0.129 e. The Bertz CT molecular complexity index is 461. The molecule has 0 amide bonds. The minimum Gasteiger partial charge on any atom is -0.490 e. The summed E-state index contributed by atoms with van der Waals surface area (Å²) in [6.45, 7) is 10.0. The third kappa shape index (κ3) is 4.90. The van der Waals surface area contributed by atoms with Crippen molar-refractivity contribution >= 4 is 18.1 Å². The second kappa shape index (κ2) is 8.90. The van der Waals surface area contributed by atoms with Crippen molar-refractivity contribution < 1.29 is 9.57 Å². The van der Waals surface area contributed by atoms with E-state index in [4.69, 9.17) is 9.57 Å². The zero-order valence-electron chi connectivity index (χ0n) is 13.0. The molecule has 1 aliphatic heterocycles. The van der Waals surface area contributed by atoms with Gasteiger partial charge in [0.1, 0.15) is 18.5 Å². The van der Waals surface area contributed by atoms with Crippen LogP contribution in [0.15, 0.2) is 29.4 Å². The molecule has 21 heavy (non-hydrogen) atoms. The van der Waals surface area contributed by atoms with Gasteiger partial charge in [-0.15, -0.1) is 12.4 Å². The summed E-state index contributed by atoms with van der Waals surface area (Å²) in [6, 6.07) is 8.00. The van der Waals surface area contributed by atoms with Crippen LogP contribution in [0.2, 0.25) is 0 Å². The quantitative estimate of drug-likeness (QED) is 0.597. The summed E-state index contributed by atoms with van der Waals surface area (Å²) in [5, 5.41) is 4.33. The van der Waals surface area contributed by atoms with Gasteiger partial charge in [0, 0.05) is 18.5 Å². The number of hydrogen-bond acceptors (Lipinski definition) is 4. The molecule has 0 N–H and O–H groups in total. The van der Waals surface area contributed by atoms with E-state index < -0.39 is 0 Å². The predicted octanol–water partition coefficient (Wildman–Crippen LogP) is 3.34. The van der Waals surface area contributed by atoms with Crippen molar-refractivity contribution in [3.8, 4) is 5.75 Å². The summed E-state index contributed by atoms with van der Waals surface area (Å²) in [5.74, 6) is 0.900. The van der Waals surface area contributed by atoms with E-state index >= 15 is 0 Å². The van der Waals surface area contributed by atoms with Crippen molar-refractivity contribution in [2.75, 3.05) is 26.2 Å². The summed E-state index contributed by atoms with van der Waals surface area (Å²) in [6.07, 6.45) is 0.942. The lowest BCUT2D eigenvalue weighted by molar-refractivity contribution is 0.112. The van der Waals surface area contributed by atoms with E-state index in [1.165, 1.54) is 0 Å². The third-order valence-corrected chi connectivity index (χ3v) is 3.57. The Hall–Kier alpha value is -1.26. The number of hydrogen-bond donors (Lipinski definition) is 0. The topological polar surface area (TPSA) is 34.1 Å². The van der Waals surface area contributed by atoms with Crippen LogP contribution in [0.4, 0.5) is 0 Å². The molecule has 0 aromatic heterocycles. The Morgan fingerprint density at radius 3 is 2.71 bits per heavy atom. The van der Waals surface area contributed by atoms with Gasteiger partial charge >= 0.3 is 0 Å². The van der Waals surface area contributed by atoms with Crippen LogP contribution in [-0.2, 0) is 4.84 Å². The maximum Gasteiger partial charge on any atom is 0.129 e. The SMILES string of the molecule is CCN(CC)CCO/N=C1/CC(C)Oc2ccccc21.Cl. The van der Waals surface area contributed by atoms with Gasteiger partial charge < -0.3 is 14.5 Å². The van der Waals surface area contributed by atoms with Gasteiger partial charge in [0.25, 0.3) is 0 Å². The maximum atomic E-state index is 5.80. The molecule has 0 spiro atoms. The van der Waals surface area contributed by atoms with E-state index in [-0.39, 0.29) is 18.5 Å². The molecule has 0 aliphatic carbocycles. The Morgan fingerprint density at radius 1 is 1.29 bits per heavy atom. The fraction of sp³-hybridized carbons (Fsp3) is 0.562. The molecule has 1 aromatic rings.